The minimum absolute atomic E-state index is 0.107. The number of aryl methyl sites for hydroxylation is 2. The Hall–Kier alpha value is -3.15. The molecule has 27 heavy (non-hydrogen) atoms. The summed E-state index contributed by atoms with van der Waals surface area (Å²) in [5.41, 5.74) is 4.00. The van der Waals surface area contributed by atoms with Gasteiger partial charge in [0.25, 0.3) is 5.91 Å². The van der Waals surface area contributed by atoms with Crippen molar-refractivity contribution in [2.45, 2.75) is 26.7 Å². The molecule has 6 nitrogen and oxygen atoms in total. The number of amides is 3. The van der Waals surface area contributed by atoms with Gasteiger partial charge in [-0.2, -0.15) is 0 Å². The van der Waals surface area contributed by atoms with Crippen LogP contribution in [0.5, 0.6) is 0 Å². The van der Waals surface area contributed by atoms with Crippen LogP contribution in [0.4, 0.5) is 11.4 Å². The highest BCUT2D eigenvalue weighted by Crippen LogP contribution is 2.21. The SMILES string of the molecule is Cc1ccc(C)c(NC(=O)CNC(=O)c2ccc(N3CCCC3=O)cc2)c1. The highest BCUT2D eigenvalue weighted by atomic mass is 16.2. The first-order valence-electron chi connectivity index (χ1n) is 9.00. The van der Waals surface area contributed by atoms with Crippen LogP contribution in [0.2, 0.25) is 0 Å². The molecule has 2 N–H and O–H groups in total. The molecular formula is C21H23N3O3. The maximum absolute atomic E-state index is 12.2. The van der Waals surface area contributed by atoms with Gasteiger partial charge in [-0.15, -0.1) is 0 Å². The van der Waals surface area contributed by atoms with Gasteiger partial charge in [-0.05, 0) is 61.7 Å². The first-order chi connectivity index (χ1) is 12.9. The standard InChI is InChI=1S/C21H23N3O3/c1-14-5-6-15(2)18(12-14)23-19(25)13-22-21(27)16-7-9-17(10-8-16)24-11-3-4-20(24)26/h5-10,12H,3-4,11,13H2,1-2H3,(H,22,27)(H,23,25). The summed E-state index contributed by atoms with van der Waals surface area (Å²) in [6, 6.07) is 12.7. The fourth-order valence-corrected chi connectivity index (χ4v) is 3.04. The van der Waals surface area contributed by atoms with Crippen molar-refractivity contribution in [2.24, 2.45) is 0 Å². The normalized spacial score (nSPS) is 13.6. The van der Waals surface area contributed by atoms with Crippen LogP contribution >= 0.6 is 0 Å². The van der Waals surface area contributed by atoms with E-state index in [4.69, 9.17) is 0 Å². The number of hydrogen-bond donors (Lipinski definition) is 2. The minimum atomic E-state index is -0.328. The van der Waals surface area contributed by atoms with Gasteiger partial charge in [0, 0.05) is 29.9 Å². The van der Waals surface area contributed by atoms with Crippen molar-refractivity contribution in [3.05, 3.63) is 59.2 Å². The van der Waals surface area contributed by atoms with E-state index in [-0.39, 0.29) is 24.3 Å². The Morgan fingerprint density at radius 3 is 2.48 bits per heavy atom. The van der Waals surface area contributed by atoms with E-state index in [2.05, 4.69) is 10.6 Å². The molecular weight excluding hydrogens is 342 g/mol. The Labute approximate surface area is 158 Å². The van der Waals surface area contributed by atoms with Crippen LogP contribution in [0.3, 0.4) is 0 Å². The average Bonchev–Trinajstić information content (AvgIpc) is 3.09. The number of nitrogens with zero attached hydrogens (tertiary/aromatic N) is 1. The predicted octanol–water partition coefficient (Wildman–Crippen LogP) is 2.80. The van der Waals surface area contributed by atoms with Gasteiger partial charge in [0.2, 0.25) is 11.8 Å². The lowest BCUT2D eigenvalue weighted by molar-refractivity contribution is -0.117. The number of benzene rings is 2. The van der Waals surface area contributed by atoms with Crippen LogP contribution in [0.1, 0.15) is 34.3 Å². The zero-order valence-electron chi connectivity index (χ0n) is 15.5. The summed E-state index contributed by atoms with van der Waals surface area (Å²) in [7, 11) is 0. The van der Waals surface area contributed by atoms with Crippen molar-refractivity contribution < 1.29 is 14.4 Å². The third-order valence-corrected chi connectivity index (χ3v) is 4.59. The Bertz CT molecular complexity index is 875. The van der Waals surface area contributed by atoms with Crippen LogP contribution in [-0.2, 0) is 9.59 Å². The van der Waals surface area contributed by atoms with E-state index in [0.717, 1.165) is 28.9 Å². The Kier molecular flexibility index (Phi) is 5.54. The Morgan fingerprint density at radius 2 is 1.81 bits per heavy atom. The van der Waals surface area contributed by atoms with Crippen molar-refractivity contribution in [3.8, 4) is 0 Å². The van der Waals surface area contributed by atoms with E-state index >= 15 is 0 Å². The number of rotatable bonds is 5. The molecule has 1 aliphatic rings. The monoisotopic (exact) mass is 365 g/mol. The highest BCUT2D eigenvalue weighted by Gasteiger charge is 2.21. The molecule has 2 aromatic carbocycles. The fourth-order valence-electron chi connectivity index (χ4n) is 3.04. The number of anilines is 2. The van der Waals surface area contributed by atoms with Gasteiger partial charge >= 0.3 is 0 Å². The lowest BCUT2D eigenvalue weighted by Crippen LogP contribution is -2.33. The zero-order valence-corrected chi connectivity index (χ0v) is 15.5. The molecule has 140 valence electrons. The average molecular weight is 365 g/mol. The highest BCUT2D eigenvalue weighted by molar-refractivity contribution is 6.00. The summed E-state index contributed by atoms with van der Waals surface area (Å²) in [5.74, 6) is -0.503. The summed E-state index contributed by atoms with van der Waals surface area (Å²) in [5, 5.41) is 5.43. The summed E-state index contributed by atoms with van der Waals surface area (Å²) < 4.78 is 0. The second-order valence-corrected chi connectivity index (χ2v) is 6.75. The van der Waals surface area contributed by atoms with E-state index in [1.165, 1.54) is 0 Å². The van der Waals surface area contributed by atoms with Gasteiger partial charge in [-0.3, -0.25) is 14.4 Å². The molecule has 0 spiro atoms. The van der Waals surface area contributed by atoms with Crippen molar-refractivity contribution >= 4 is 29.1 Å². The van der Waals surface area contributed by atoms with Crippen molar-refractivity contribution in [1.82, 2.24) is 5.32 Å². The van der Waals surface area contributed by atoms with E-state index in [1.54, 1.807) is 29.2 Å². The second kappa shape index (κ2) is 8.03. The van der Waals surface area contributed by atoms with Gasteiger partial charge in [0.15, 0.2) is 0 Å². The zero-order chi connectivity index (χ0) is 19.4. The lowest BCUT2D eigenvalue weighted by atomic mass is 10.1. The van der Waals surface area contributed by atoms with Gasteiger partial charge in [0.05, 0.1) is 6.54 Å². The molecule has 0 unspecified atom stereocenters. The summed E-state index contributed by atoms with van der Waals surface area (Å²) in [6.07, 6.45) is 1.42. The molecule has 3 rings (SSSR count). The van der Waals surface area contributed by atoms with Crippen LogP contribution < -0.4 is 15.5 Å². The van der Waals surface area contributed by atoms with Crippen LogP contribution in [0.25, 0.3) is 0 Å². The van der Waals surface area contributed by atoms with Crippen LogP contribution in [-0.4, -0.2) is 30.8 Å². The molecule has 0 bridgehead atoms. The van der Waals surface area contributed by atoms with E-state index in [0.29, 0.717) is 18.5 Å². The van der Waals surface area contributed by atoms with E-state index in [1.807, 2.05) is 32.0 Å². The van der Waals surface area contributed by atoms with Gasteiger partial charge < -0.3 is 15.5 Å². The molecule has 1 heterocycles. The van der Waals surface area contributed by atoms with Gasteiger partial charge in [-0.1, -0.05) is 12.1 Å². The molecule has 6 heteroatoms. The second-order valence-electron chi connectivity index (χ2n) is 6.75. The molecule has 0 aromatic heterocycles. The van der Waals surface area contributed by atoms with Crippen molar-refractivity contribution in [1.29, 1.82) is 0 Å². The number of nitrogens with one attached hydrogen (secondary N) is 2. The number of carbonyl (C=O) groups excluding carboxylic acids is 3. The quantitative estimate of drug-likeness (QED) is 0.855. The van der Waals surface area contributed by atoms with Crippen molar-refractivity contribution in [3.63, 3.8) is 0 Å². The molecule has 0 saturated carbocycles. The first-order valence-corrected chi connectivity index (χ1v) is 9.00. The predicted molar refractivity (Wildman–Crippen MR) is 105 cm³/mol. The third kappa shape index (κ3) is 4.53. The molecule has 0 aliphatic carbocycles. The molecule has 1 fully saturated rings. The maximum Gasteiger partial charge on any atom is 0.251 e. The molecule has 0 radical (unpaired) electrons. The fraction of sp³-hybridized carbons (Fsp3) is 0.286. The molecule has 2 aromatic rings. The number of carbonyl (C=O) groups is 3. The van der Waals surface area contributed by atoms with Gasteiger partial charge in [-0.25, -0.2) is 0 Å². The van der Waals surface area contributed by atoms with Gasteiger partial charge in [0.1, 0.15) is 0 Å². The largest absolute Gasteiger partial charge is 0.343 e. The summed E-state index contributed by atoms with van der Waals surface area (Å²) >= 11 is 0. The summed E-state index contributed by atoms with van der Waals surface area (Å²) in [4.78, 5) is 37.8. The minimum Gasteiger partial charge on any atom is -0.343 e. The van der Waals surface area contributed by atoms with Crippen molar-refractivity contribution in [2.75, 3.05) is 23.3 Å². The van der Waals surface area contributed by atoms with E-state index in [9.17, 15) is 14.4 Å². The summed E-state index contributed by atoms with van der Waals surface area (Å²) in [6.45, 7) is 4.47. The first kappa shape index (κ1) is 18.6. The van der Waals surface area contributed by atoms with Crippen LogP contribution in [0.15, 0.2) is 42.5 Å². The van der Waals surface area contributed by atoms with Crippen LogP contribution in [0, 0.1) is 13.8 Å². The Morgan fingerprint density at radius 1 is 1.07 bits per heavy atom. The molecule has 1 aliphatic heterocycles. The molecule has 3 amide bonds. The topological polar surface area (TPSA) is 78.5 Å². The molecule has 1 saturated heterocycles. The smallest absolute Gasteiger partial charge is 0.251 e. The van der Waals surface area contributed by atoms with E-state index < -0.39 is 0 Å². The maximum atomic E-state index is 12.2. The Balaban J connectivity index is 1.55. The molecule has 0 atom stereocenters. The lowest BCUT2D eigenvalue weighted by Gasteiger charge is -2.15. The number of hydrogen-bond acceptors (Lipinski definition) is 3. The third-order valence-electron chi connectivity index (χ3n) is 4.59.